The van der Waals surface area contributed by atoms with E-state index in [1.54, 1.807) is 7.11 Å². The third-order valence-electron chi connectivity index (χ3n) is 5.48. The minimum atomic E-state index is -4.38. The molecule has 7 heteroatoms. The molecule has 0 aliphatic carbocycles. The van der Waals surface area contributed by atoms with Gasteiger partial charge in [0.05, 0.1) is 12.7 Å². The first kappa shape index (κ1) is 20.8. The van der Waals surface area contributed by atoms with E-state index in [0.29, 0.717) is 17.0 Å². The summed E-state index contributed by atoms with van der Waals surface area (Å²) in [7, 11) is 1.60. The molecular weight excluding hydrogens is 427 g/mol. The minimum absolute atomic E-state index is 0.647. The highest BCUT2D eigenvalue weighted by Gasteiger charge is 2.30. The first-order valence-corrected chi connectivity index (χ1v) is 10.2. The highest BCUT2D eigenvalue weighted by atomic mass is 19.4. The zero-order valence-corrected chi connectivity index (χ0v) is 17.5. The number of benzene rings is 3. The lowest BCUT2D eigenvalue weighted by Crippen LogP contribution is -2.04. The molecule has 0 aliphatic rings. The van der Waals surface area contributed by atoms with Gasteiger partial charge in [0, 0.05) is 17.3 Å². The van der Waals surface area contributed by atoms with Crippen molar-refractivity contribution in [3.8, 4) is 39.4 Å². The molecule has 0 N–H and O–H groups in total. The van der Waals surface area contributed by atoms with Crippen LogP contribution in [0.5, 0.6) is 5.75 Å². The summed E-state index contributed by atoms with van der Waals surface area (Å²) in [6.45, 7) is 0. The molecule has 0 aliphatic heterocycles. The van der Waals surface area contributed by atoms with Gasteiger partial charge in [-0.3, -0.25) is 4.40 Å². The van der Waals surface area contributed by atoms with E-state index in [1.165, 1.54) is 12.1 Å². The van der Waals surface area contributed by atoms with Crippen molar-refractivity contribution in [3.05, 3.63) is 96.7 Å². The molecule has 2 aromatic heterocycles. The summed E-state index contributed by atoms with van der Waals surface area (Å²) in [6.07, 6.45) is -2.53. The maximum atomic E-state index is 13.0. The first-order valence-electron chi connectivity index (χ1n) is 10.2. The van der Waals surface area contributed by atoms with Gasteiger partial charge in [-0.15, -0.1) is 10.2 Å². The normalized spacial score (nSPS) is 11.6. The maximum absolute atomic E-state index is 13.0. The summed E-state index contributed by atoms with van der Waals surface area (Å²) in [5.41, 5.74) is 3.96. The molecule has 5 rings (SSSR count). The van der Waals surface area contributed by atoms with Crippen LogP contribution in [-0.2, 0) is 6.18 Å². The van der Waals surface area contributed by atoms with Crippen LogP contribution in [0.2, 0.25) is 0 Å². The molecule has 0 spiro atoms. The summed E-state index contributed by atoms with van der Waals surface area (Å²) in [5, 5.41) is 8.83. The molecule has 4 nitrogen and oxygen atoms in total. The highest BCUT2D eigenvalue weighted by Crippen LogP contribution is 2.35. The number of methoxy groups -OCH3 is 1. The second kappa shape index (κ2) is 8.09. The third-order valence-corrected chi connectivity index (χ3v) is 5.48. The van der Waals surface area contributed by atoms with E-state index < -0.39 is 11.7 Å². The molecule has 5 aromatic rings. The Morgan fingerprint density at radius 2 is 1.39 bits per heavy atom. The van der Waals surface area contributed by atoms with E-state index in [-0.39, 0.29) is 0 Å². The Labute approximate surface area is 187 Å². The van der Waals surface area contributed by atoms with Crippen LogP contribution in [0.25, 0.3) is 39.3 Å². The maximum Gasteiger partial charge on any atom is 0.416 e. The minimum Gasteiger partial charge on any atom is -0.497 e. The molecule has 164 valence electrons. The van der Waals surface area contributed by atoms with Crippen molar-refractivity contribution in [2.75, 3.05) is 7.11 Å². The number of hydrogen-bond donors (Lipinski definition) is 0. The zero-order valence-electron chi connectivity index (χ0n) is 17.5. The van der Waals surface area contributed by atoms with Gasteiger partial charge in [-0.2, -0.15) is 13.2 Å². The van der Waals surface area contributed by atoms with Gasteiger partial charge >= 0.3 is 6.18 Å². The highest BCUT2D eigenvalue weighted by molar-refractivity contribution is 5.84. The fourth-order valence-electron chi connectivity index (χ4n) is 3.77. The molecule has 0 fully saturated rings. The molecule has 2 heterocycles. The fraction of sp³-hybridized carbons (Fsp3) is 0.0769. The van der Waals surface area contributed by atoms with Crippen LogP contribution in [0.4, 0.5) is 13.2 Å². The predicted octanol–water partition coefficient (Wildman–Crippen LogP) is 6.76. The van der Waals surface area contributed by atoms with Crippen molar-refractivity contribution in [2.24, 2.45) is 0 Å². The lowest BCUT2D eigenvalue weighted by molar-refractivity contribution is -0.137. The quantitative estimate of drug-likeness (QED) is 0.307. The summed E-state index contributed by atoms with van der Waals surface area (Å²) < 4.78 is 46.3. The van der Waals surface area contributed by atoms with Crippen LogP contribution >= 0.6 is 0 Å². The van der Waals surface area contributed by atoms with Crippen molar-refractivity contribution in [1.29, 1.82) is 0 Å². The molecule has 0 amide bonds. The molecule has 0 unspecified atom stereocenters. The first-order chi connectivity index (χ1) is 15.9. The zero-order chi connectivity index (χ0) is 23.0. The van der Waals surface area contributed by atoms with Crippen molar-refractivity contribution in [2.45, 2.75) is 6.18 Å². The Morgan fingerprint density at radius 1 is 0.727 bits per heavy atom. The van der Waals surface area contributed by atoms with Gasteiger partial charge in [-0.25, -0.2) is 0 Å². The summed E-state index contributed by atoms with van der Waals surface area (Å²) >= 11 is 0. The van der Waals surface area contributed by atoms with Crippen molar-refractivity contribution >= 4 is 5.65 Å². The van der Waals surface area contributed by atoms with E-state index in [1.807, 2.05) is 71.3 Å². The Kier molecular flexibility index (Phi) is 5.09. The van der Waals surface area contributed by atoms with Crippen LogP contribution in [-0.4, -0.2) is 21.7 Å². The standard InChI is InChI=1S/C26H18F3N3O/c1-33-22-13-9-18(10-14-22)23-15-20(17-7-11-21(12-8-17)26(27,28)29)16-32-24(30-31-25(23)32)19-5-3-2-4-6-19/h2-16H,1H3. The number of halogens is 3. The predicted molar refractivity (Wildman–Crippen MR) is 121 cm³/mol. The van der Waals surface area contributed by atoms with Crippen molar-refractivity contribution in [1.82, 2.24) is 14.6 Å². The number of aromatic nitrogens is 3. The van der Waals surface area contributed by atoms with Crippen LogP contribution in [0.3, 0.4) is 0 Å². The smallest absolute Gasteiger partial charge is 0.416 e. The van der Waals surface area contributed by atoms with Gasteiger partial charge in [0.25, 0.3) is 0 Å². The van der Waals surface area contributed by atoms with Gasteiger partial charge in [-0.05, 0) is 47.0 Å². The van der Waals surface area contributed by atoms with Crippen molar-refractivity contribution in [3.63, 3.8) is 0 Å². The largest absolute Gasteiger partial charge is 0.497 e. The van der Waals surface area contributed by atoms with Gasteiger partial charge in [-0.1, -0.05) is 54.6 Å². The number of rotatable bonds is 4. The average Bonchev–Trinajstić information content (AvgIpc) is 3.28. The van der Waals surface area contributed by atoms with Gasteiger partial charge in [0.2, 0.25) is 0 Å². The monoisotopic (exact) mass is 445 g/mol. The van der Waals surface area contributed by atoms with Gasteiger partial charge in [0.1, 0.15) is 5.75 Å². The number of nitrogens with zero attached hydrogens (tertiary/aromatic N) is 3. The Hall–Kier alpha value is -4.13. The summed E-state index contributed by atoms with van der Waals surface area (Å²) in [5.74, 6) is 1.37. The number of fused-ring (bicyclic) bond motifs is 1. The topological polar surface area (TPSA) is 39.4 Å². The molecule has 0 saturated heterocycles. The number of alkyl halides is 3. The lowest BCUT2D eigenvalue weighted by atomic mass is 10.00. The van der Waals surface area contributed by atoms with Crippen LogP contribution in [0.1, 0.15) is 5.56 Å². The van der Waals surface area contributed by atoms with Gasteiger partial charge in [0.15, 0.2) is 11.5 Å². The summed E-state index contributed by atoms with van der Waals surface area (Å²) in [4.78, 5) is 0. The summed E-state index contributed by atoms with van der Waals surface area (Å²) in [6, 6.07) is 24.2. The SMILES string of the molecule is COc1ccc(-c2cc(-c3ccc(C(F)(F)F)cc3)cn3c(-c4ccccc4)nnc23)cc1. The van der Waals surface area contributed by atoms with E-state index in [9.17, 15) is 13.2 Å². The Morgan fingerprint density at radius 3 is 2.03 bits per heavy atom. The number of pyridine rings is 1. The molecule has 33 heavy (non-hydrogen) atoms. The van der Waals surface area contributed by atoms with Crippen molar-refractivity contribution < 1.29 is 17.9 Å². The second-order valence-corrected chi connectivity index (χ2v) is 7.53. The molecule has 0 atom stereocenters. The molecule has 0 radical (unpaired) electrons. The third kappa shape index (κ3) is 3.93. The molecular formula is C26H18F3N3O. The molecule has 3 aromatic carbocycles. The van der Waals surface area contributed by atoms with E-state index in [4.69, 9.17) is 4.74 Å². The van der Waals surface area contributed by atoms with E-state index >= 15 is 0 Å². The van der Waals surface area contributed by atoms with Crippen LogP contribution in [0.15, 0.2) is 91.1 Å². The molecule has 0 bridgehead atoms. The number of ether oxygens (including phenoxy) is 1. The number of hydrogen-bond acceptors (Lipinski definition) is 3. The van der Waals surface area contributed by atoms with Crippen LogP contribution in [0, 0.1) is 0 Å². The van der Waals surface area contributed by atoms with Gasteiger partial charge < -0.3 is 4.74 Å². The van der Waals surface area contributed by atoms with E-state index in [2.05, 4.69) is 10.2 Å². The second-order valence-electron chi connectivity index (χ2n) is 7.53. The Bertz CT molecular complexity index is 1410. The molecule has 0 saturated carbocycles. The fourth-order valence-corrected chi connectivity index (χ4v) is 3.77. The van der Waals surface area contributed by atoms with Crippen LogP contribution < -0.4 is 4.74 Å². The van der Waals surface area contributed by atoms with E-state index in [0.717, 1.165) is 40.1 Å². The Balaban J connectivity index is 1.72. The average molecular weight is 445 g/mol. The lowest BCUT2D eigenvalue weighted by Gasteiger charge is -2.12.